The molecule has 0 spiro atoms. The highest BCUT2D eigenvalue weighted by atomic mass is 35.5. The van der Waals surface area contributed by atoms with E-state index >= 15 is 0 Å². The van der Waals surface area contributed by atoms with Crippen LogP contribution in [0.25, 0.3) is 0 Å². The first-order valence-electron chi connectivity index (χ1n) is 9.55. The number of fused-ring (bicyclic) bond motifs is 1. The molecule has 2 amide bonds. The molecule has 2 aliphatic rings. The number of anilines is 2. The summed E-state index contributed by atoms with van der Waals surface area (Å²) in [4.78, 5) is 27.5. The number of carbonyl (C=O) groups is 2. The summed E-state index contributed by atoms with van der Waals surface area (Å²) in [6.07, 6.45) is 1.87. The summed E-state index contributed by atoms with van der Waals surface area (Å²) < 4.78 is 33.5. The largest absolute Gasteiger partial charge is 0.495 e. The highest BCUT2D eigenvalue weighted by molar-refractivity contribution is 8.01. The normalized spacial score (nSPS) is 18.3. The molecular weight excluding hydrogens is 462 g/mol. The molecule has 0 aliphatic carbocycles. The molecule has 1 atom stereocenters. The van der Waals surface area contributed by atoms with Crippen LogP contribution < -0.4 is 14.8 Å². The lowest BCUT2D eigenvalue weighted by atomic mass is 10.2. The van der Waals surface area contributed by atoms with Gasteiger partial charge in [0.15, 0.2) is 5.25 Å². The Morgan fingerprint density at radius 3 is 2.68 bits per heavy atom. The molecule has 0 aromatic heterocycles. The summed E-state index contributed by atoms with van der Waals surface area (Å²) in [5.41, 5.74) is 0.545. The monoisotopic (exact) mass is 481 g/mol. The fraction of sp³-hybridized carbons (Fsp3) is 0.300. The van der Waals surface area contributed by atoms with E-state index in [9.17, 15) is 18.0 Å². The zero-order valence-electron chi connectivity index (χ0n) is 16.6. The van der Waals surface area contributed by atoms with Gasteiger partial charge in [-0.2, -0.15) is 0 Å². The lowest BCUT2D eigenvalue weighted by molar-refractivity contribution is -0.133. The summed E-state index contributed by atoms with van der Waals surface area (Å²) >= 11 is 7.11. The van der Waals surface area contributed by atoms with E-state index in [0.29, 0.717) is 34.4 Å². The van der Waals surface area contributed by atoms with E-state index in [0.717, 1.165) is 24.6 Å². The van der Waals surface area contributed by atoms with Crippen LogP contribution in [-0.2, 0) is 19.6 Å². The van der Waals surface area contributed by atoms with Gasteiger partial charge < -0.3 is 15.0 Å². The Morgan fingerprint density at radius 1 is 1.23 bits per heavy atom. The Morgan fingerprint density at radius 2 is 1.97 bits per heavy atom. The van der Waals surface area contributed by atoms with Gasteiger partial charge in [-0.3, -0.25) is 14.3 Å². The molecule has 0 radical (unpaired) electrons. The van der Waals surface area contributed by atoms with Gasteiger partial charge in [-0.15, -0.1) is 11.8 Å². The number of likely N-dealkylation sites (tertiary alicyclic amines) is 1. The van der Waals surface area contributed by atoms with Gasteiger partial charge in [0.2, 0.25) is 11.8 Å². The Hall–Kier alpha value is -2.43. The quantitative estimate of drug-likeness (QED) is 0.635. The fourth-order valence-corrected chi connectivity index (χ4v) is 5.80. The first kappa shape index (κ1) is 21.8. The molecule has 2 aromatic carbocycles. The minimum atomic E-state index is -3.98. The zero-order chi connectivity index (χ0) is 22.2. The average molecular weight is 482 g/mol. The minimum absolute atomic E-state index is 0.0431. The predicted octanol–water partition coefficient (Wildman–Crippen LogP) is 3.18. The Balaban J connectivity index is 1.57. The molecule has 164 valence electrons. The van der Waals surface area contributed by atoms with Crippen molar-refractivity contribution in [1.29, 1.82) is 0 Å². The van der Waals surface area contributed by atoms with Crippen molar-refractivity contribution >= 4 is 56.6 Å². The molecule has 1 fully saturated rings. The maximum absolute atomic E-state index is 12.9. The summed E-state index contributed by atoms with van der Waals surface area (Å²) in [6.45, 7) is 1.32. The fourth-order valence-electron chi connectivity index (χ4n) is 3.49. The van der Waals surface area contributed by atoms with Gasteiger partial charge in [-0.25, -0.2) is 8.42 Å². The maximum atomic E-state index is 12.9. The van der Waals surface area contributed by atoms with Crippen molar-refractivity contribution in [2.75, 3.05) is 30.2 Å². The molecular formula is C20H20ClN3O5S2. The van der Waals surface area contributed by atoms with Crippen molar-refractivity contribution < 1.29 is 22.7 Å². The van der Waals surface area contributed by atoms with Crippen molar-refractivity contribution in [3.05, 3.63) is 41.4 Å². The number of hydrogen-bond donors (Lipinski definition) is 2. The first-order valence-corrected chi connectivity index (χ1v) is 12.3. The van der Waals surface area contributed by atoms with E-state index < -0.39 is 21.2 Å². The van der Waals surface area contributed by atoms with Crippen LogP contribution in [0.4, 0.5) is 11.4 Å². The third-order valence-corrected chi connectivity index (χ3v) is 7.91. The van der Waals surface area contributed by atoms with Crippen molar-refractivity contribution in [2.45, 2.75) is 27.9 Å². The van der Waals surface area contributed by atoms with Crippen LogP contribution in [0.2, 0.25) is 5.02 Å². The van der Waals surface area contributed by atoms with Crippen LogP contribution in [0.3, 0.4) is 0 Å². The summed E-state index contributed by atoms with van der Waals surface area (Å²) in [6, 6.07) is 8.98. The molecule has 4 rings (SSSR count). The molecule has 2 aliphatic heterocycles. The third kappa shape index (κ3) is 4.46. The van der Waals surface area contributed by atoms with Crippen molar-refractivity contribution in [3.63, 3.8) is 0 Å². The van der Waals surface area contributed by atoms with Crippen molar-refractivity contribution in [2.24, 2.45) is 0 Å². The number of methoxy groups -OCH3 is 1. The molecule has 8 nitrogen and oxygen atoms in total. The van der Waals surface area contributed by atoms with Gasteiger partial charge in [-0.1, -0.05) is 11.6 Å². The highest BCUT2D eigenvalue weighted by Gasteiger charge is 2.37. The summed E-state index contributed by atoms with van der Waals surface area (Å²) in [5.74, 6) is -0.344. The summed E-state index contributed by atoms with van der Waals surface area (Å²) in [5, 5.41) is 2.15. The number of hydrogen-bond acceptors (Lipinski definition) is 6. The van der Waals surface area contributed by atoms with Crippen LogP contribution in [0.5, 0.6) is 5.75 Å². The number of rotatable bonds is 5. The van der Waals surface area contributed by atoms with Crippen LogP contribution in [-0.4, -0.2) is 50.6 Å². The second-order valence-electron chi connectivity index (χ2n) is 7.13. The second-order valence-corrected chi connectivity index (χ2v) is 10.4. The van der Waals surface area contributed by atoms with E-state index in [1.807, 2.05) is 0 Å². The lowest BCUT2D eigenvalue weighted by Gasteiger charge is -2.27. The van der Waals surface area contributed by atoms with Crippen molar-refractivity contribution in [1.82, 2.24) is 4.90 Å². The standard InChI is InChI=1S/C20H20ClN3O5S2/c1-29-16-6-4-12(21)10-14(16)23-31(27,28)13-5-7-17-15(11-13)22-19(25)18(30-17)20(26)24-8-2-3-9-24/h4-7,10-11,18,23H,2-3,8-9H2,1H3,(H,22,25)/t18-/m1/s1. The van der Waals surface area contributed by atoms with Gasteiger partial charge in [0, 0.05) is 23.0 Å². The number of carbonyl (C=O) groups excluding carboxylic acids is 2. The highest BCUT2D eigenvalue weighted by Crippen LogP contribution is 2.38. The topological polar surface area (TPSA) is 105 Å². The van der Waals surface area contributed by atoms with Crippen LogP contribution in [0, 0.1) is 0 Å². The summed E-state index contributed by atoms with van der Waals surface area (Å²) in [7, 11) is -2.56. The maximum Gasteiger partial charge on any atom is 0.262 e. The van der Waals surface area contributed by atoms with E-state index in [1.165, 1.54) is 25.3 Å². The number of sulfonamides is 1. The average Bonchev–Trinajstić information content (AvgIpc) is 3.27. The minimum Gasteiger partial charge on any atom is -0.495 e. The molecule has 2 N–H and O–H groups in total. The second kappa shape index (κ2) is 8.60. The number of thioether (sulfide) groups is 1. The van der Waals surface area contributed by atoms with E-state index in [-0.39, 0.29) is 16.5 Å². The predicted molar refractivity (Wildman–Crippen MR) is 119 cm³/mol. The Kier molecular flexibility index (Phi) is 6.05. The van der Waals surface area contributed by atoms with Crippen LogP contribution >= 0.6 is 23.4 Å². The third-order valence-electron chi connectivity index (χ3n) is 5.05. The Bertz CT molecular complexity index is 1150. The molecule has 1 saturated heterocycles. The molecule has 0 saturated carbocycles. The number of halogens is 1. The number of benzene rings is 2. The first-order chi connectivity index (χ1) is 14.8. The van der Waals surface area contributed by atoms with Gasteiger partial charge in [0.25, 0.3) is 10.0 Å². The zero-order valence-corrected chi connectivity index (χ0v) is 18.9. The SMILES string of the molecule is COc1ccc(Cl)cc1NS(=O)(=O)c1ccc2c(c1)NC(=O)[C@H](C(=O)N1CCCC1)S2. The van der Waals surface area contributed by atoms with E-state index in [2.05, 4.69) is 10.0 Å². The number of nitrogens with one attached hydrogen (secondary N) is 2. The van der Waals surface area contributed by atoms with Gasteiger partial charge in [0.05, 0.1) is 23.4 Å². The Labute approximate surface area is 189 Å². The molecule has 31 heavy (non-hydrogen) atoms. The number of ether oxygens (including phenoxy) is 1. The molecule has 2 heterocycles. The molecule has 11 heteroatoms. The van der Waals surface area contributed by atoms with Crippen LogP contribution in [0.15, 0.2) is 46.2 Å². The molecule has 0 unspecified atom stereocenters. The molecule has 2 aromatic rings. The smallest absolute Gasteiger partial charge is 0.262 e. The van der Waals surface area contributed by atoms with Crippen molar-refractivity contribution in [3.8, 4) is 5.75 Å². The van der Waals surface area contributed by atoms with Gasteiger partial charge >= 0.3 is 0 Å². The van der Waals surface area contributed by atoms with Crippen LogP contribution in [0.1, 0.15) is 12.8 Å². The number of amides is 2. The van der Waals surface area contributed by atoms with E-state index in [4.69, 9.17) is 16.3 Å². The number of nitrogens with zero attached hydrogens (tertiary/aromatic N) is 1. The van der Waals surface area contributed by atoms with Gasteiger partial charge in [-0.05, 0) is 49.2 Å². The lowest BCUT2D eigenvalue weighted by Crippen LogP contribution is -2.43. The van der Waals surface area contributed by atoms with E-state index in [1.54, 1.807) is 23.1 Å². The van der Waals surface area contributed by atoms with Gasteiger partial charge in [0.1, 0.15) is 5.75 Å². The molecule has 0 bridgehead atoms.